The van der Waals surface area contributed by atoms with Crippen LogP contribution >= 0.6 is 0 Å². The van der Waals surface area contributed by atoms with E-state index in [9.17, 15) is 4.79 Å². The summed E-state index contributed by atoms with van der Waals surface area (Å²) in [6, 6.07) is 7.33. The van der Waals surface area contributed by atoms with Crippen LogP contribution < -0.4 is 10.6 Å². The Morgan fingerprint density at radius 3 is 2.78 bits per heavy atom. The Balaban J connectivity index is 2.00. The van der Waals surface area contributed by atoms with Crippen LogP contribution in [0.25, 0.3) is 0 Å². The number of anilines is 2. The van der Waals surface area contributed by atoms with Crippen LogP contribution in [0.15, 0.2) is 36.7 Å². The summed E-state index contributed by atoms with van der Waals surface area (Å²) in [5.74, 6) is -0.120. The Morgan fingerprint density at radius 2 is 2.13 bits per heavy atom. The van der Waals surface area contributed by atoms with Gasteiger partial charge in [0.2, 0.25) is 0 Å². The van der Waals surface area contributed by atoms with Gasteiger partial charge in [0.15, 0.2) is 0 Å². The maximum atomic E-state index is 12.3. The smallest absolute Gasteiger partial charge is 0.251 e. The molecule has 1 aromatic heterocycles. The van der Waals surface area contributed by atoms with E-state index in [1.807, 2.05) is 39.2 Å². The molecule has 2 rings (SSSR count). The van der Waals surface area contributed by atoms with Gasteiger partial charge in [0.05, 0.1) is 11.9 Å². The first kappa shape index (κ1) is 17.0. The number of nitrogens with zero attached hydrogens (tertiary/aromatic N) is 2. The van der Waals surface area contributed by atoms with E-state index in [2.05, 4.69) is 15.7 Å². The normalized spacial score (nSPS) is 11.3. The van der Waals surface area contributed by atoms with E-state index in [0.717, 1.165) is 11.4 Å². The number of amides is 1. The zero-order valence-corrected chi connectivity index (χ0v) is 13.8. The molecule has 0 bridgehead atoms. The highest BCUT2D eigenvalue weighted by atomic mass is 16.3. The number of hydrogen-bond acceptors (Lipinski definition) is 4. The molecule has 2 aromatic rings. The van der Waals surface area contributed by atoms with Gasteiger partial charge in [-0.3, -0.25) is 9.48 Å². The molecule has 0 spiro atoms. The van der Waals surface area contributed by atoms with Gasteiger partial charge >= 0.3 is 0 Å². The second-order valence-electron chi connectivity index (χ2n) is 6.43. The molecule has 0 unspecified atom stereocenters. The molecule has 0 atom stereocenters. The molecule has 0 aliphatic heterocycles. The van der Waals surface area contributed by atoms with Gasteiger partial charge in [-0.1, -0.05) is 19.9 Å². The van der Waals surface area contributed by atoms with Gasteiger partial charge < -0.3 is 15.7 Å². The molecular weight excluding hydrogens is 292 g/mol. The summed E-state index contributed by atoms with van der Waals surface area (Å²) < 4.78 is 1.71. The molecule has 1 heterocycles. The molecular formula is C17H24N4O2. The van der Waals surface area contributed by atoms with Crippen molar-refractivity contribution in [1.29, 1.82) is 0 Å². The SMILES string of the molecule is Cn1cc(Nc2cccc(C(=O)NCC(C)(C)CCO)c2)cn1. The number of aliphatic hydroxyl groups is 1. The number of nitrogens with one attached hydrogen (secondary N) is 2. The zero-order chi connectivity index (χ0) is 16.9. The number of aliphatic hydroxyl groups excluding tert-OH is 1. The summed E-state index contributed by atoms with van der Waals surface area (Å²) in [5.41, 5.74) is 2.17. The minimum Gasteiger partial charge on any atom is -0.396 e. The van der Waals surface area contributed by atoms with Crippen molar-refractivity contribution in [2.45, 2.75) is 20.3 Å². The van der Waals surface area contributed by atoms with E-state index in [1.54, 1.807) is 23.0 Å². The monoisotopic (exact) mass is 316 g/mol. The minimum absolute atomic E-state index is 0.118. The summed E-state index contributed by atoms with van der Waals surface area (Å²) in [5, 5.41) is 19.3. The summed E-state index contributed by atoms with van der Waals surface area (Å²) in [6.07, 6.45) is 4.24. The molecule has 6 nitrogen and oxygen atoms in total. The molecule has 0 aliphatic carbocycles. The molecule has 6 heteroatoms. The van der Waals surface area contributed by atoms with Gasteiger partial charge in [0, 0.05) is 37.6 Å². The van der Waals surface area contributed by atoms with Crippen molar-refractivity contribution in [3.8, 4) is 0 Å². The summed E-state index contributed by atoms with van der Waals surface area (Å²) in [4.78, 5) is 12.3. The molecule has 0 fully saturated rings. The highest BCUT2D eigenvalue weighted by Gasteiger charge is 2.18. The largest absolute Gasteiger partial charge is 0.396 e. The average Bonchev–Trinajstić information content (AvgIpc) is 2.90. The van der Waals surface area contributed by atoms with Crippen molar-refractivity contribution in [1.82, 2.24) is 15.1 Å². The van der Waals surface area contributed by atoms with E-state index in [0.29, 0.717) is 18.5 Å². The average molecular weight is 316 g/mol. The summed E-state index contributed by atoms with van der Waals surface area (Å²) >= 11 is 0. The van der Waals surface area contributed by atoms with E-state index < -0.39 is 0 Å². The molecule has 124 valence electrons. The molecule has 1 amide bonds. The third-order valence-corrected chi connectivity index (χ3v) is 3.63. The fourth-order valence-electron chi connectivity index (χ4n) is 2.20. The molecule has 3 N–H and O–H groups in total. The third kappa shape index (κ3) is 5.10. The van der Waals surface area contributed by atoms with Crippen LogP contribution in [0.4, 0.5) is 11.4 Å². The topological polar surface area (TPSA) is 79.2 Å². The standard InChI is InChI=1S/C17H24N4O2/c1-17(2,7-8-22)12-18-16(23)13-5-4-6-14(9-13)20-15-10-19-21(3)11-15/h4-6,9-11,20,22H,7-8,12H2,1-3H3,(H,18,23). The molecule has 0 saturated heterocycles. The highest BCUT2D eigenvalue weighted by molar-refractivity contribution is 5.95. The van der Waals surface area contributed by atoms with Crippen molar-refractivity contribution in [3.63, 3.8) is 0 Å². The second kappa shape index (κ2) is 7.28. The van der Waals surface area contributed by atoms with Crippen LogP contribution in [0, 0.1) is 5.41 Å². The predicted molar refractivity (Wildman–Crippen MR) is 90.7 cm³/mol. The number of carbonyl (C=O) groups excluding carboxylic acids is 1. The van der Waals surface area contributed by atoms with Crippen LogP contribution in [-0.4, -0.2) is 33.9 Å². The predicted octanol–water partition coefficient (Wildman–Crippen LogP) is 2.30. The van der Waals surface area contributed by atoms with Gasteiger partial charge in [0.25, 0.3) is 5.91 Å². The number of hydrogen-bond donors (Lipinski definition) is 3. The van der Waals surface area contributed by atoms with Gasteiger partial charge in [-0.05, 0) is 30.0 Å². The minimum atomic E-state index is -0.129. The van der Waals surface area contributed by atoms with E-state index in [4.69, 9.17) is 5.11 Å². The Labute approximate surface area is 136 Å². The van der Waals surface area contributed by atoms with Gasteiger partial charge in [-0.15, -0.1) is 0 Å². The zero-order valence-electron chi connectivity index (χ0n) is 13.8. The lowest BCUT2D eigenvalue weighted by atomic mass is 9.89. The Hall–Kier alpha value is -2.34. The summed E-state index contributed by atoms with van der Waals surface area (Å²) in [6.45, 7) is 4.67. The van der Waals surface area contributed by atoms with Crippen LogP contribution in [0.3, 0.4) is 0 Å². The van der Waals surface area contributed by atoms with Crippen molar-refractivity contribution in [2.24, 2.45) is 12.5 Å². The fourth-order valence-corrected chi connectivity index (χ4v) is 2.20. The molecule has 0 saturated carbocycles. The van der Waals surface area contributed by atoms with Crippen molar-refractivity contribution < 1.29 is 9.90 Å². The number of aryl methyl sites for hydroxylation is 1. The van der Waals surface area contributed by atoms with Crippen molar-refractivity contribution >= 4 is 17.3 Å². The maximum Gasteiger partial charge on any atom is 0.251 e. The van der Waals surface area contributed by atoms with Crippen LogP contribution in [-0.2, 0) is 7.05 Å². The van der Waals surface area contributed by atoms with Crippen LogP contribution in [0.2, 0.25) is 0 Å². The lowest BCUT2D eigenvalue weighted by Crippen LogP contribution is -2.34. The Kier molecular flexibility index (Phi) is 5.39. The number of rotatable bonds is 7. The molecule has 23 heavy (non-hydrogen) atoms. The lowest BCUT2D eigenvalue weighted by Gasteiger charge is -2.23. The first-order chi connectivity index (χ1) is 10.9. The van der Waals surface area contributed by atoms with Crippen molar-refractivity contribution in [2.75, 3.05) is 18.5 Å². The number of aromatic nitrogens is 2. The van der Waals surface area contributed by atoms with Crippen LogP contribution in [0.5, 0.6) is 0 Å². The molecule has 1 aromatic carbocycles. The van der Waals surface area contributed by atoms with Crippen LogP contribution in [0.1, 0.15) is 30.6 Å². The van der Waals surface area contributed by atoms with Gasteiger partial charge in [-0.25, -0.2) is 0 Å². The van der Waals surface area contributed by atoms with Gasteiger partial charge in [0.1, 0.15) is 0 Å². The lowest BCUT2D eigenvalue weighted by molar-refractivity contribution is 0.0928. The molecule has 0 radical (unpaired) electrons. The second-order valence-corrected chi connectivity index (χ2v) is 6.43. The van der Waals surface area contributed by atoms with E-state index in [1.165, 1.54) is 0 Å². The molecule has 0 aliphatic rings. The van der Waals surface area contributed by atoms with Gasteiger partial charge in [-0.2, -0.15) is 5.10 Å². The fraction of sp³-hybridized carbons (Fsp3) is 0.412. The van der Waals surface area contributed by atoms with E-state index in [-0.39, 0.29) is 17.9 Å². The first-order valence-corrected chi connectivity index (χ1v) is 7.64. The Bertz CT molecular complexity index is 664. The summed E-state index contributed by atoms with van der Waals surface area (Å²) in [7, 11) is 1.85. The van der Waals surface area contributed by atoms with Crippen molar-refractivity contribution in [3.05, 3.63) is 42.2 Å². The first-order valence-electron chi connectivity index (χ1n) is 7.64. The highest BCUT2D eigenvalue weighted by Crippen LogP contribution is 2.19. The number of benzene rings is 1. The van der Waals surface area contributed by atoms with E-state index >= 15 is 0 Å². The quantitative estimate of drug-likeness (QED) is 0.732. The maximum absolute atomic E-state index is 12.3. The Morgan fingerprint density at radius 1 is 1.35 bits per heavy atom. The number of carbonyl (C=O) groups is 1. The third-order valence-electron chi connectivity index (χ3n) is 3.63.